The number of sulfone groups is 1. The number of fused-ring (bicyclic) bond motifs is 1. The van der Waals surface area contributed by atoms with Crippen LogP contribution in [0.25, 0.3) is 10.8 Å². The van der Waals surface area contributed by atoms with Crippen LogP contribution in [0.2, 0.25) is 0 Å². The molecule has 4 rings (SSSR count). The fourth-order valence-electron chi connectivity index (χ4n) is 3.95. The van der Waals surface area contributed by atoms with Crippen molar-refractivity contribution in [3.8, 4) is 0 Å². The molecule has 0 bridgehead atoms. The Morgan fingerprint density at radius 1 is 1.24 bits per heavy atom. The van der Waals surface area contributed by atoms with Crippen LogP contribution in [0.5, 0.6) is 0 Å². The third-order valence-corrected chi connectivity index (χ3v) is 6.28. The van der Waals surface area contributed by atoms with E-state index in [9.17, 15) is 8.42 Å². The molecular formula is C21H26N4O3S. The number of ether oxygens (including phenoxy) is 1. The van der Waals surface area contributed by atoms with Gasteiger partial charge in [-0.1, -0.05) is 18.2 Å². The third-order valence-electron chi connectivity index (χ3n) is 5.29. The van der Waals surface area contributed by atoms with E-state index in [2.05, 4.69) is 27.0 Å². The van der Waals surface area contributed by atoms with E-state index in [0.29, 0.717) is 13.1 Å². The molecule has 2 aromatic heterocycles. The molecule has 0 saturated carbocycles. The minimum atomic E-state index is -3.41. The van der Waals surface area contributed by atoms with E-state index in [-0.39, 0.29) is 11.3 Å². The van der Waals surface area contributed by atoms with Crippen LogP contribution in [0, 0.1) is 0 Å². The van der Waals surface area contributed by atoms with Gasteiger partial charge >= 0.3 is 0 Å². The zero-order chi connectivity index (χ0) is 20.4. The first-order valence-corrected chi connectivity index (χ1v) is 11.7. The van der Waals surface area contributed by atoms with Gasteiger partial charge in [-0.05, 0) is 36.9 Å². The molecule has 0 aliphatic carbocycles. The van der Waals surface area contributed by atoms with E-state index in [1.807, 2.05) is 29.9 Å². The molecule has 1 saturated heterocycles. The lowest BCUT2D eigenvalue weighted by molar-refractivity contribution is 0.0934. The molecule has 0 amide bonds. The average Bonchev–Trinajstić information content (AvgIpc) is 3.33. The van der Waals surface area contributed by atoms with Crippen LogP contribution in [0.3, 0.4) is 0 Å². The number of hydrogen-bond acceptors (Lipinski definition) is 6. The molecule has 154 valence electrons. The van der Waals surface area contributed by atoms with Crippen molar-refractivity contribution in [3.63, 3.8) is 0 Å². The van der Waals surface area contributed by atoms with E-state index < -0.39 is 9.84 Å². The molecule has 8 heteroatoms. The van der Waals surface area contributed by atoms with Crippen molar-refractivity contribution in [1.29, 1.82) is 0 Å². The smallest absolute Gasteiger partial charge is 0.227 e. The average molecular weight is 415 g/mol. The summed E-state index contributed by atoms with van der Waals surface area (Å²) in [5.41, 5.74) is 2.09. The van der Waals surface area contributed by atoms with Gasteiger partial charge in [0.2, 0.25) is 15.0 Å². The molecule has 29 heavy (non-hydrogen) atoms. The van der Waals surface area contributed by atoms with Crippen LogP contribution in [0.1, 0.15) is 24.1 Å². The molecule has 1 fully saturated rings. The fraction of sp³-hybridized carbons (Fsp3) is 0.429. The maximum absolute atomic E-state index is 12.2. The molecule has 1 aliphatic rings. The zero-order valence-electron chi connectivity index (χ0n) is 16.8. The summed E-state index contributed by atoms with van der Waals surface area (Å²) in [6.07, 6.45) is 8.56. The topological polar surface area (TPSA) is 77.3 Å². The van der Waals surface area contributed by atoms with Gasteiger partial charge in [0.1, 0.15) is 0 Å². The fourth-order valence-corrected chi connectivity index (χ4v) is 4.79. The Morgan fingerprint density at radius 3 is 2.86 bits per heavy atom. The Kier molecular flexibility index (Phi) is 5.67. The van der Waals surface area contributed by atoms with Gasteiger partial charge in [0.25, 0.3) is 0 Å². The van der Waals surface area contributed by atoms with Gasteiger partial charge in [-0.3, -0.25) is 9.88 Å². The van der Waals surface area contributed by atoms with Crippen molar-refractivity contribution in [2.24, 2.45) is 0 Å². The Balaban J connectivity index is 1.57. The van der Waals surface area contributed by atoms with Gasteiger partial charge in [0.05, 0.1) is 24.5 Å². The number of nitrogens with zero attached hydrogens (tertiary/aromatic N) is 4. The lowest BCUT2D eigenvalue weighted by Crippen LogP contribution is -2.24. The van der Waals surface area contributed by atoms with Crippen LogP contribution in [-0.2, 0) is 34.2 Å². The maximum atomic E-state index is 12.2. The number of aromatic nitrogens is 3. The Hall–Kier alpha value is -2.29. The molecule has 1 unspecified atom stereocenters. The third kappa shape index (κ3) is 4.49. The lowest BCUT2D eigenvalue weighted by atomic mass is 10.1. The summed E-state index contributed by atoms with van der Waals surface area (Å²) in [6, 6.07) is 8.24. The quantitative estimate of drug-likeness (QED) is 0.592. The Labute approximate surface area is 171 Å². The molecule has 0 N–H and O–H groups in total. The van der Waals surface area contributed by atoms with Crippen LogP contribution in [0.4, 0.5) is 0 Å². The molecule has 0 radical (unpaired) electrons. The largest absolute Gasteiger partial charge is 0.376 e. The first-order chi connectivity index (χ1) is 13.9. The summed E-state index contributed by atoms with van der Waals surface area (Å²) in [6.45, 7) is 2.58. The van der Waals surface area contributed by atoms with Crippen molar-refractivity contribution < 1.29 is 13.2 Å². The van der Waals surface area contributed by atoms with Crippen LogP contribution in [-0.4, -0.2) is 53.9 Å². The van der Waals surface area contributed by atoms with Crippen molar-refractivity contribution in [1.82, 2.24) is 19.4 Å². The predicted octanol–water partition coefficient (Wildman–Crippen LogP) is 2.65. The van der Waals surface area contributed by atoms with Crippen LogP contribution in [0.15, 0.2) is 48.0 Å². The van der Waals surface area contributed by atoms with Crippen molar-refractivity contribution in [2.45, 2.75) is 43.7 Å². The van der Waals surface area contributed by atoms with Gasteiger partial charge in [-0.25, -0.2) is 13.4 Å². The number of rotatable bonds is 7. The normalized spacial score (nSPS) is 17.4. The number of imidazole rings is 1. The number of hydrogen-bond donors (Lipinski definition) is 0. The van der Waals surface area contributed by atoms with Crippen molar-refractivity contribution in [3.05, 3.63) is 54.1 Å². The Bertz CT molecular complexity index is 1100. The second-order valence-corrected chi connectivity index (χ2v) is 9.65. The molecule has 1 atom stereocenters. The second-order valence-electron chi connectivity index (χ2n) is 7.74. The SMILES string of the molecule is CN(Cc1cccc2cnccc12)Cc1cnc(S(C)(=O)=O)n1CC1CCCO1. The van der Waals surface area contributed by atoms with E-state index in [0.717, 1.165) is 37.1 Å². The van der Waals surface area contributed by atoms with Gasteiger partial charge in [-0.15, -0.1) is 0 Å². The molecule has 3 heterocycles. The summed E-state index contributed by atoms with van der Waals surface area (Å²) in [7, 11) is -1.38. The summed E-state index contributed by atoms with van der Waals surface area (Å²) in [5, 5.41) is 2.41. The van der Waals surface area contributed by atoms with Crippen LogP contribution < -0.4 is 0 Å². The van der Waals surface area contributed by atoms with Crippen molar-refractivity contribution in [2.75, 3.05) is 19.9 Å². The van der Waals surface area contributed by atoms with E-state index >= 15 is 0 Å². The standard InChI is InChI=1S/C21H26N4O3S/c1-24(13-17-6-3-5-16-11-22-9-8-20(16)17)14-18-12-23-21(29(2,26)27)25(18)15-19-7-4-10-28-19/h3,5-6,8-9,11-12,19H,4,7,10,13-15H2,1-2H3. The van der Waals surface area contributed by atoms with Gasteiger partial charge < -0.3 is 9.30 Å². The highest BCUT2D eigenvalue weighted by atomic mass is 32.2. The zero-order valence-corrected chi connectivity index (χ0v) is 17.6. The summed E-state index contributed by atoms with van der Waals surface area (Å²) >= 11 is 0. The molecule has 0 spiro atoms. The van der Waals surface area contributed by atoms with Gasteiger partial charge in [0.15, 0.2) is 0 Å². The number of benzene rings is 1. The van der Waals surface area contributed by atoms with Gasteiger partial charge in [-0.2, -0.15) is 0 Å². The number of pyridine rings is 1. The highest BCUT2D eigenvalue weighted by Crippen LogP contribution is 2.22. The maximum Gasteiger partial charge on any atom is 0.227 e. The minimum absolute atomic E-state index is 0.0410. The predicted molar refractivity (Wildman–Crippen MR) is 111 cm³/mol. The molecular weight excluding hydrogens is 388 g/mol. The highest BCUT2D eigenvalue weighted by Gasteiger charge is 2.24. The lowest BCUT2D eigenvalue weighted by Gasteiger charge is -2.20. The van der Waals surface area contributed by atoms with Crippen molar-refractivity contribution >= 4 is 20.6 Å². The first kappa shape index (κ1) is 20.0. The summed E-state index contributed by atoms with van der Waals surface area (Å²) in [5.74, 6) is 0. The van der Waals surface area contributed by atoms with E-state index in [1.165, 1.54) is 17.2 Å². The molecule has 1 aliphatic heterocycles. The van der Waals surface area contributed by atoms with E-state index in [4.69, 9.17) is 4.74 Å². The van der Waals surface area contributed by atoms with Crippen LogP contribution >= 0.6 is 0 Å². The molecule has 3 aromatic rings. The molecule has 7 nitrogen and oxygen atoms in total. The highest BCUT2D eigenvalue weighted by molar-refractivity contribution is 7.90. The van der Waals surface area contributed by atoms with Gasteiger partial charge in [0, 0.05) is 43.7 Å². The summed E-state index contributed by atoms with van der Waals surface area (Å²) < 4.78 is 32.0. The summed E-state index contributed by atoms with van der Waals surface area (Å²) in [4.78, 5) is 10.6. The second kappa shape index (κ2) is 8.22. The Morgan fingerprint density at radius 2 is 2.10 bits per heavy atom. The molecule has 1 aromatic carbocycles. The monoisotopic (exact) mass is 414 g/mol. The van der Waals surface area contributed by atoms with E-state index in [1.54, 1.807) is 12.4 Å². The first-order valence-electron chi connectivity index (χ1n) is 9.78. The minimum Gasteiger partial charge on any atom is -0.376 e.